The van der Waals surface area contributed by atoms with Gasteiger partial charge in [-0.2, -0.15) is 0 Å². The van der Waals surface area contributed by atoms with E-state index in [1.807, 2.05) is 12.3 Å². The van der Waals surface area contributed by atoms with Gasteiger partial charge in [0, 0.05) is 17.1 Å². The number of hydrogen-bond donors (Lipinski definition) is 1. The van der Waals surface area contributed by atoms with Crippen molar-refractivity contribution in [3.8, 4) is 5.75 Å². The van der Waals surface area contributed by atoms with E-state index in [0.717, 1.165) is 24.1 Å². The van der Waals surface area contributed by atoms with Gasteiger partial charge in [-0.15, -0.1) is 0 Å². The lowest BCUT2D eigenvalue weighted by Crippen LogP contribution is -2.10. The molecule has 1 unspecified atom stereocenters. The van der Waals surface area contributed by atoms with E-state index >= 15 is 0 Å². The summed E-state index contributed by atoms with van der Waals surface area (Å²) in [6.45, 7) is 4.29. The fourth-order valence-electron chi connectivity index (χ4n) is 1.80. The van der Waals surface area contributed by atoms with Crippen LogP contribution in [0.4, 0.5) is 0 Å². The number of fused-ring (bicyclic) bond motifs is 1. The SMILES string of the molecule is CCCC(C)Oc1ccc2[nH]ccc2c1. The van der Waals surface area contributed by atoms with Gasteiger partial charge in [-0.3, -0.25) is 0 Å². The first-order valence-corrected chi connectivity index (χ1v) is 5.53. The molecule has 0 aliphatic carbocycles. The molecule has 0 spiro atoms. The van der Waals surface area contributed by atoms with Gasteiger partial charge < -0.3 is 9.72 Å². The van der Waals surface area contributed by atoms with Crippen LogP contribution in [0, 0.1) is 0 Å². The summed E-state index contributed by atoms with van der Waals surface area (Å²) < 4.78 is 5.82. The van der Waals surface area contributed by atoms with Crippen LogP contribution in [0.3, 0.4) is 0 Å². The fraction of sp³-hybridized carbons (Fsp3) is 0.385. The average Bonchev–Trinajstić information content (AvgIpc) is 2.65. The lowest BCUT2D eigenvalue weighted by molar-refractivity contribution is 0.210. The van der Waals surface area contributed by atoms with Crippen molar-refractivity contribution in [3.63, 3.8) is 0 Å². The number of ether oxygens (including phenoxy) is 1. The molecule has 0 fully saturated rings. The maximum atomic E-state index is 5.82. The van der Waals surface area contributed by atoms with Crippen LogP contribution < -0.4 is 4.74 Å². The van der Waals surface area contributed by atoms with Crippen molar-refractivity contribution in [3.05, 3.63) is 30.5 Å². The molecule has 1 aromatic heterocycles. The van der Waals surface area contributed by atoms with E-state index in [2.05, 4.69) is 37.0 Å². The van der Waals surface area contributed by atoms with Crippen molar-refractivity contribution in [1.82, 2.24) is 4.98 Å². The monoisotopic (exact) mass is 203 g/mol. The second kappa shape index (κ2) is 4.39. The topological polar surface area (TPSA) is 25.0 Å². The summed E-state index contributed by atoms with van der Waals surface area (Å²) in [5, 5.41) is 1.20. The Balaban J connectivity index is 2.14. The van der Waals surface area contributed by atoms with Crippen LogP contribution in [0.15, 0.2) is 30.5 Å². The van der Waals surface area contributed by atoms with E-state index in [9.17, 15) is 0 Å². The Hall–Kier alpha value is -1.44. The van der Waals surface area contributed by atoms with Crippen molar-refractivity contribution < 1.29 is 4.74 Å². The molecule has 0 aliphatic heterocycles. The Labute approximate surface area is 90.3 Å². The van der Waals surface area contributed by atoms with Gasteiger partial charge >= 0.3 is 0 Å². The largest absolute Gasteiger partial charge is 0.491 e. The smallest absolute Gasteiger partial charge is 0.120 e. The van der Waals surface area contributed by atoms with Gasteiger partial charge in [0.2, 0.25) is 0 Å². The minimum absolute atomic E-state index is 0.298. The molecule has 0 amide bonds. The van der Waals surface area contributed by atoms with Crippen LogP contribution in [-0.4, -0.2) is 11.1 Å². The highest BCUT2D eigenvalue weighted by Gasteiger charge is 2.03. The number of H-pyrrole nitrogens is 1. The molecule has 15 heavy (non-hydrogen) atoms. The lowest BCUT2D eigenvalue weighted by atomic mass is 10.2. The third kappa shape index (κ3) is 2.32. The predicted molar refractivity (Wildman–Crippen MR) is 63.3 cm³/mol. The predicted octanol–water partition coefficient (Wildman–Crippen LogP) is 3.74. The minimum Gasteiger partial charge on any atom is -0.491 e. The zero-order valence-corrected chi connectivity index (χ0v) is 9.29. The number of benzene rings is 1. The highest BCUT2D eigenvalue weighted by Crippen LogP contribution is 2.21. The summed E-state index contributed by atoms with van der Waals surface area (Å²) in [6.07, 6.45) is 4.51. The van der Waals surface area contributed by atoms with Gasteiger partial charge in [0.1, 0.15) is 5.75 Å². The fourth-order valence-corrected chi connectivity index (χ4v) is 1.80. The van der Waals surface area contributed by atoms with Gasteiger partial charge in [0.15, 0.2) is 0 Å². The molecule has 0 bridgehead atoms. The van der Waals surface area contributed by atoms with Gasteiger partial charge in [-0.05, 0) is 37.6 Å². The zero-order chi connectivity index (χ0) is 10.7. The van der Waals surface area contributed by atoms with Crippen LogP contribution in [0.25, 0.3) is 10.9 Å². The highest BCUT2D eigenvalue weighted by molar-refractivity contribution is 5.80. The number of aromatic amines is 1. The maximum Gasteiger partial charge on any atom is 0.120 e. The van der Waals surface area contributed by atoms with Crippen molar-refractivity contribution in [2.75, 3.05) is 0 Å². The normalized spacial score (nSPS) is 12.9. The van der Waals surface area contributed by atoms with Crippen molar-refractivity contribution >= 4 is 10.9 Å². The van der Waals surface area contributed by atoms with E-state index < -0.39 is 0 Å². The molecular weight excluding hydrogens is 186 g/mol. The Morgan fingerprint density at radius 1 is 1.33 bits per heavy atom. The Morgan fingerprint density at radius 2 is 2.20 bits per heavy atom. The van der Waals surface area contributed by atoms with Gasteiger partial charge in [-0.1, -0.05) is 13.3 Å². The molecule has 0 radical (unpaired) electrons. The quantitative estimate of drug-likeness (QED) is 0.804. The number of hydrogen-bond acceptors (Lipinski definition) is 1. The van der Waals surface area contributed by atoms with E-state index in [1.165, 1.54) is 5.39 Å². The molecule has 2 nitrogen and oxygen atoms in total. The van der Waals surface area contributed by atoms with E-state index in [-0.39, 0.29) is 0 Å². The molecule has 1 heterocycles. The summed E-state index contributed by atoms with van der Waals surface area (Å²) in [4.78, 5) is 3.17. The average molecular weight is 203 g/mol. The first-order chi connectivity index (χ1) is 7.29. The lowest BCUT2D eigenvalue weighted by Gasteiger charge is -2.13. The Morgan fingerprint density at radius 3 is 3.00 bits per heavy atom. The molecular formula is C13H17NO. The van der Waals surface area contributed by atoms with Crippen LogP contribution in [0.1, 0.15) is 26.7 Å². The molecule has 80 valence electrons. The summed E-state index contributed by atoms with van der Waals surface area (Å²) in [7, 11) is 0. The summed E-state index contributed by atoms with van der Waals surface area (Å²) in [6, 6.07) is 8.22. The van der Waals surface area contributed by atoms with E-state index in [0.29, 0.717) is 6.10 Å². The maximum absolute atomic E-state index is 5.82. The van der Waals surface area contributed by atoms with E-state index in [1.54, 1.807) is 0 Å². The number of aromatic nitrogens is 1. The molecule has 2 aromatic rings. The number of rotatable bonds is 4. The van der Waals surface area contributed by atoms with Crippen LogP contribution in [-0.2, 0) is 0 Å². The zero-order valence-electron chi connectivity index (χ0n) is 9.29. The molecule has 0 saturated carbocycles. The van der Waals surface area contributed by atoms with Crippen LogP contribution in [0.2, 0.25) is 0 Å². The standard InChI is InChI=1S/C13H17NO/c1-3-4-10(2)15-12-5-6-13-11(9-12)7-8-14-13/h5-10,14H,3-4H2,1-2H3. The molecule has 1 atom stereocenters. The highest BCUT2D eigenvalue weighted by atomic mass is 16.5. The summed E-state index contributed by atoms with van der Waals surface area (Å²) in [5.74, 6) is 0.961. The van der Waals surface area contributed by atoms with Crippen molar-refractivity contribution in [1.29, 1.82) is 0 Å². The Bertz CT molecular complexity index is 433. The van der Waals surface area contributed by atoms with Crippen LogP contribution in [0.5, 0.6) is 5.75 Å². The van der Waals surface area contributed by atoms with Gasteiger partial charge in [-0.25, -0.2) is 0 Å². The van der Waals surface area contributed by atoms with Gasteiger partial charge in [0.05, 0.1) is 6.10 Å². The third-order valence-electron chi connectivity index (χ3n) is 2.56. The molecule has 0 aliphatic rings. The van der Waals surface area contributed by atoms with Gasteiger partial charge in [0.25, 0.3) is 0 Å². The second-order valence-electron chi connectivity index (χ2n) is 3.94. The van der Waals surface area contributed by atoms with E-state index in [4.69, 9.17) is 4.74 Å². The van der Waals surface area contributed by atoms with Crippen molar-refractivity contribution in [2.45, 2.75) is 32.8 Å². The molecule has 2 rings (SSSR count). The summed E-state index contributed by atoms with van der Waals surface area (Å²) >= 11 is 0. The van der Waals surface area contributed by atoms with Crippen molar-refractivity contribution in [2.24, 2.45) is 0 Å². The molecule has 1 N–H and O–H groups in total. The van der Waals surface area contributed by atoms with Crippen LogP contribution >= 0.6 is 0 Å². The first kappa shape index (κ1) is 10.1. The molecule has 0 saturated heterocycles. The third-order valence-corrected chi connectivity index (χ3v) is 2.56. The summed E-state index contributed by atoms with van der Waals surface area (Å²) in [5.41, 5.74) is 1.16. The molecule has 1 aromatic carbocycles. The number of nitrogens with one attached hydrogen (secondary N) is 1. The second-order valence-corrected chi connectivity index (χ2v) is 3.94. The minimum atomic E-state index is 0.298. The Kier molecular flexibility index (Phi) is 2.95. The first-order valence-electron chi connectivity index (χ1n) is 5.53. The molecule has 2 heteroatoms.